The summed E-state index contributed by atoms with van der Waals surface area (Å²) in [5.41, 5.74) is 8.28. The Morgan fingerprint density at radius 1 is 1.19 bits per heavy atom. The van der Waals surface area contributed by atoms with Gasteiger partial charge in [0.25, 0.3) is 10.0 Å². The third-order valence-corrected chi connectivity index (χ3v) is 5.32. The van der Waals surface area contributed by atoms with Gasteiger partial charge in [-0.25, -0.2) is 8.42 Å². The number of sulfonamides is 1. The van der Waals surface area contributed by atoms with Gasteiger partial charge in [-0.05, 0) is 55.3 Å². The minimum Gasteiger partial charge on any atom is -0.398 e. The zero-order valence-corrected chi connectivity index (χ0v) is 14.6. The van der Waals surface area contributed by atoms with Gasteiger partial charge < -0.3 is 5.73 Å². The largest absolute Gasteiger partial charge is 0.398 e. The lowest BCUT2D eigenvalue weighted by Crippen LogP contribution is -2.14. The molecule has 0 bridgehead atoms. The van der Waals surface area contributed by atoms with Crippen LogP contribution in [-0.4, -0.2) is 8.42 Å². The number of benzene rings is 2. The van der Waals surface area contributed by atoms with E-state index < -0.39 is 10.0 Å². The van der Waals surface area contributed by atoms with Gasteiger partial charge in [0.2, 0.25) is 0 Å². The number of rotatable bonds is 3. The Morgan fingerprint density at radius 2 is 1.86 bits per heavy atom. The van der Waals surface area contributed by atoms with Gasteiger partial charge in [0, 0.05) is 10.2 Å². The van der Waals surface area contributed by atoms with Crippen molar-refractivity contribution in [2.75, 3.05) is 10.5 Å². The van der Waals surface area contributed by atoms with Gasteiger partial charge in [-0.15, -0.1) is 0 Å². The SMILES string of the molecule is Cc1cc(S(=O)(=O)Nc2ccc(Br)cc2Cl)cc(N)c1C. The highest BCUT2D eigenvalue weighted by atomic mass is 79.9. The number of aryl methyl sites for hydroxylation is 1. The average molecular weight is 390 g/mol. The van der Waals surface area contributed by atoms with Crippen molar-refractivity contribution in [3.63, 3.8) is 0 Å². The van der Waals surface area contributed by atoms with E-state index in [4.69, 9.17) is 17.3 Å². The third kappa shape index (κ3) is 3.51. The van der Waals surface area contributed by atoms with Crippen molar-refractivity contribution in [1.29, 1.82) is 0 Å². The van der Waals surface area contributed by atoms with Crippen molar-refractivity contribution in [3.8, 4) is 0 Å². The monoisotopic (exact) mass is 388 g/mol. The fourth-order valence-electron chi connectivity index (χ4n) is 1.78. The Morgan fingerprint density at radius 3 is 2.43 bits per heavy atom. The summed E-state index contributed by atoms with van der Waals surface area (Å²) in [6.07, 6.45) is 0. The molecule has 21 heavy (non-hydrogen) atoms. The lowest BCUT2D eigenvalue weighted by molar-refractivity contribution is 0.601. The molecule has 0 saturated heterocycles. The number of nitrogens with one attached hydrogen (secondary N) is 1. The van der Waals surface area contributed by atoms with Crippen molar-refractivity contribution in [3.05, 3.63) is 51.0 Å². The van der Waals surface area contributed by atoms with E-state index in [-0.39, 0.29) is 4.90 Å². The van der Waals surface area contributed by atoms with Crippen LogP contribution in [0.1, 0.15) is 11.1 Å². The fraction of sp³-hybridized carbons (Fsp3) is 0.143. The number of nitrogen functional groups attached to an aromatic ring is 1. The first-order chi connectivity index (χ1) is 9.70. The predicted octanol–water partition coefficient (Wildman–Crippen LogP) is 4.10. The predicted molar refractivity (Wildman–Crippen MR) is 90.3 cm³/mol. The van der Waals surface area contributed by atoms with E-state index in [9.17, 15) is 8.42 Å². The molecule has 2 aromatic rings. The van der Waals surface area contributed by atoms with Crippen LogP contribution < -0.4 is 10.5 Å². The van der Waals surface area contributed by atoms with Gasteiger partial charge in [0.05, 0.1) is 15.6 Å². The Hall–Kier alpha value is -1.24. The smallest absolute Gasteiger partial charge is 0.262 e. The van der Waals surface area contributed by atoms with Crippen LogP contribution in [-0.2, 0) is 10.0 Å². The lowest BCUT2D eigenvalue weighted by Gasteiger charge is -2.12. The van der Waals surface area contributed by atoms with Crippen LogP contribution in [0, 0.1) is 13.8 Å². The number of halogens is 2. The molecule has 0 amide bonds. The van der Waals surface area contributed by atoms with Crippen molar-refractivity contribution in [2.24, 2.45) is 0 Å². The second kappa shape index (κ2) is 5.87. The average Bonchev–Trinajstić information content (AvgIpc) is 2.38. The molecule has 2 rings (SSSR count). The Balaban J connectivity index is 2.43. The first-order valence-corrected chi connectivity index (χ1v) is 8.71. The molecule has 0 aromatic heterocycles. The van der Waals surface area contributed by atoms with Gasteiger partial charge in [-0.3, -0.25) is 4.72 Å². The number of hydrogen-bond donors (Lipinski definition) is 2. The Labute approximate surface area is 137 Å². The molecule has 2 aromatic carbocycles. The molecule has 0 radical (unpaired) electrons. The summed E-state index contributed by atoms with van der Waals surface area (Å²) in [5, 5.41) is 0.310. The van der Waals surface area contributed by atoms with Crippen molar-refractivity contribution in [1.82, 2.24) is 0 Å². The minimum absolute atomic E-state index is 0.113. The summed E-state index contributed by atoms with van der Waals surface area (Å²) in [7, 11) is -3.74. The van der Waals surface area contributed by atoms with Crippen LogP contribution in [0.3, 0.4) is 0 Å². The maximum Gasteiger partial charge on any atom is 0.262 e. The topological polar surface area (TPSA) is 72.2 Å². The van der Waals surface area contributed by atoms with Crippen LogP contribution in [0.5, 0.6) is 0 Å². The molecule has 0 aliphatic carbocycles. The third-order valence-electron chi connectivity index (χ3n) is 3.17. The van der Waals surface area contributed by atoms with E-state index >= 15 is 0 Å². The molecule has 0 unspecified atom stereocenters. The second-order valence-corrected chi connectivity index (χ2v) is 7.69. The van der Waals surface area contributed by atoms with Crippen molar-refractivity contribution in [2.45, 2.75) is 18.7 Å². The van der Waals surface area contributed by atoms with Gasteiger partial charge >= 0.3 is 0 Å². The first-order valence-electron chi connectivity index (χ1n) is 6.05. The maximum atomic E-state index is 12.4. The zero-order valence-electron chi connectivity index (χ0n) is 11.4. The molecular weight excluding hydrogens is 376 g/mol. The molecule has 0 aliphatic rings. The molecule has 0 aliphatic heterocycles. The van der Waals surface area contributed by atoms with E-state index in [1.165, 1.54) is 6.07 Å². The Bertz CT molecular complexity index is 784. The molecule has 4 nitrogen and oxygen atoms in total. The van der Waals surface area contributed by atoms with Gasteiger partial charge in [0.1, 0.15) is 0 Å². The normalized spacial score (nSPS) is 11.4. The molecule has 7 heteroatoms. The quantitative estimate of drug-likeness (QED) is 0.776. The molecule has 0 heterocycles. The van der Waals surface area contributed by atoms with Crippen LogP contribution >= 0.6 is 27.5 Å². The zero-order chi connectivity index (χ0) is 15.8. The first kappa shape index (κ1) is 16.1. The van der Waals surface area contributed by atoms with E-state index in [1.807, 2.05) is 13.8 Å². The van der Waals surface area contributed by atoms with Crippen LogP contribution in [0.4, 0.5) is 11.4 Å². The fourth-order valence-corrected chi connectivity index (χ4v) is 3.76. The standard InChI is InChI=1S/C14H14BrClN2O2S/c1-8-5-11(7-13(17)9(8)2)21(19,20)18-14-4-3-10(15)6-12(14)16/h3-7,18H,17H2,1-2H3. The van der Waals surface area contributed by atoms with Gasteiger partial charge in [-0.2, -0.15) is 0 Å². The highest BCUT2D eigenvalue weighted by Gasteiger charge is 2.17. The Kier molecular flexibility index (Phi) is 4.51. The summed E-state index contributed by atoms with van der Waals surface area (Å²) >= 11 is 9.30. The summed E-state index contributed by atoms with van der Waals surface area (Å²) in [4.78, 5) is 0.113. The van der Waals surface area contributed by atoms with Crippen molar-refractivity contribution >= 4 is 48.9 Å². The minimum atomic E-state index is -3.74. The van der Waals surface area contributed by atoms with Crippen molar-refractivity contribution < 1.29 is 8.42 Å². The molecule has 3 N–H and O–H groups in total. The van der Waals surface area contributed by atoms with Crippen LogP contribution in [0.15, 0.2) is 39.7 Å². The summed E-state index contributed by atoms with van der Waals surface area (Å²) in [5.74, 6) is 0. The van der Waals surface area contributed by atoms with Crippen LogP contribution in [0.25, 0.3) is 0 Å². The van der Waals surface area contributed by atoms with Gasteiger partial charge in [-0.1, -0.05) is 27.5 Å². The molecule has 112 valence electrons. The maximum absolute atomic E-state index is 12.4. The summed E-state index contributed by atoms with van der Waals surface area (Å²) < 4.78 is 28.1. The molecule has 0 fully saturated rings. The second-order valence-electron chi connectivity index (χ2n) is 4.68. The molecule has 0 spiro atoms. The van der Waals surface area contributed by atoms with E-state index in [1.54, 1.807) is 24.3 Å². The summed E-state index contributed by atoms with van der Waals surface area (Å²) in [6, 6.07) is 7.94. The van der Waals surface area contributed by atoms with E-state index in [0.717, 1.165) is 15.6 Å². The number of nitrogens with two attached hydrogens (primary N) is 1. The number of hydrogen-bond acceptors (Lipinski definition) is 3. The molecular formula is C14H14BrClN2O2S. The van der Waals surface area contributed by atoms with E-state index in [0.29, 0.717) is 16.4 Å². The summed E-state index contributed by atoms with van der Waals surface area (Å²) in [6.45, 7) is 3.66. The number of anilines is 2. The highest BCUT2D eigenvalue weighted by Crippen LogP contribution is 2.29. The highest BCUT2D eigenvalue weighted by molar-refractivity contribution is 9.10. The molecule has 0 atom stereocenters. The van der Waals surface area contributed by atoms with Crippen LogP contribution in [0.2, 0.25) is 5.02 Å². The lowest BCUT2D eigenvalue weighted by atomic mass is 10.1. The van der Waals surface area contributed by atoms with E-state index in [2.05, 4.69) is 20.7 Å². The molecule has 0 saturated carbocycles. The van der Waals surface area contributed by atoms with Gasteiger partial charge in [0.15, 0.2) is 0 Å².